The second-order valence-corrected chi connectivity index (χ2v) is 5.82. The van der Waals surface area contributed by atoms with E-state index in [4.69, 9.17) is 4.74 Å². The zero-order chi connectivity index (χ0) is 17.9. The number of rotatable bonds is 4. The predicted molar refractivity (Wildman–Crippen MR) is 86.8 cm³/mol. The number of anilines is 1. The standard InChI is InChI=1S/C16H15FN2O4S/c1-9(20)19(10(2)21)16-14(8-23-11(3)22)24-18-15(16)12-4-6-13(17)7-5-12/h4-7H,8H2,1-3H3. The molecule has 2 amide bonds. The number of imide groups is 1. The van der Waals surface area contributed by atoms with E-state index in [1.54, 1.807) is 0 Å². The van der Waals surface area contributed by atoms with Gasteiger partial charge < -0.3 is 4.74 Å². The van der Waals surface area contributed by atoms with Gasteiger partial charge in [-0.25, -0.2) is 9.29 Å². The Bertz CT molecular complexity index is 772. The maximum Gasteiger partial charge on any atom is 0.302 e. The molecule has 2 aromatic rings. The molecule has 2 rings (SSSR count). The number of carbonyl (C=O) groups excluding carboxylic acids is 3. The summed E-state index contributed by atoms with van der Waals surface area (Å²) in [6.07, 6.45) is 0. The average Bonchev–Trinajstić information content (AvgIpc) is 2.89. The first kappa shape index (κ1) is 17.7. The van der Waals surface area contributed by atoms with Crippen LogP contribution >= 0.6 is 11.5 Å². The fraction of sp³-hybridized carbons (Fsp3) is 0.250. The fourth-order valence-electron chi connectivity index (χ4n) is 2.15. The first-order chi connectivity index (χ1) is 11.3. The minimum absolute atomic E-state index is 0.111. The first-order valence-electron chi connectivity index (χ1n) is 7.00. The molecule has 6 nitrogen and oxygen atoms in total. The van der Waals surface area contributed by atoms with E-state index in [0.717, 1.165) is 16.4 Å². The number of aromatic nitrogens is 1. The van der Waals surface area contributed by atoms with Crippen LogP contribution in [0, 0.1) is 5.82 Å². The number of halogens is 1. The summed E-state index contributed by atoms with van der Waals surface area (Å²) in [7, 11) is 0. The molecule has 1 aromatic carbocycles. The van der Waals surface area contributed by atoms with Crippen LogP contribution < -0.4 is 4.90 Å². The van der Waals surface area contributed by atoms with Crippen LogP contribution in [0.15, 0.2) is 24.3 Å². The molecule has 0 aliphatic heterocycles. The largest absolute Gasteiger partial charge is 0.460 e. The highest BCUT2D eigenvalue weighted by atomic mass is 32.1. The molecule has 0 fully saturated rings. The van der Waals surface area contributed by atoms with Gasteiger partial charge in [0.05, 0.1) is 10.6 Å². The highest BCUT2D eigenvalue weighted by Crippen LogP contribution is 2.37. The van der Waals surface area contributed by atoms with Crippen molar-refractivity contribution in [3.05, 3.63) is 35.0 Å². The zero-order valence-electron chi connectivity index (χ0n) is 13.3. The quantitative estimate of drug-likeness (QED) is 0.793. The van der Waals surface area contributed by atoms with Gasteiger partial charge in [-0.15, -0.1) is 0 Å². The van der Waals surface area contributed by atoms with E-state index in [2.05, 4.69) is 4.37 Å². The Hall–Kier alpha value is -2.61. The molecular formula is C16H15FN2O4S. The monoisotopic (exact) mass is 350 g/mol. The lowest BCUT2D eigenvalue weighted by atomic mass is 10.1. The lowest BCUT2D eigenvalue weighted by Crippen LogP contribution is -2.34. The number of hydrogen-bond acceptors (Lipinski definition) is 6. The summed E-state index contributed by atoms with van der Waals surface area (Å²) in [5, 5.41) is 0. The van der Waals surface area contributed by atoms with Crippen molar-refractivity contribution in [1.82, 2.24) is 4.37 Å². The van der Waals surface area contributed by atoms with Crippen LogP contribution in [0.1, 0.15) is 25.6 Å². The van der Waals surface area contributed by atoms with Gasteiger partial charge in [-0.2, -0.15) is 4.37 Å². The highest BCUT2D eigenvalue weighted by molar-refractivity contribution is 7.06. The van der Waals surface area contributed by atoms with Crippen molar-refractivity contribution in [2.24, 2.45) is 0 Å². The fourth-order valence-corrected chi connectivity index (χ4v) is 2.92. The first-order valence-corrected chi connectivity index (χ1v) is 7.77. The van der Waals surface area contributed by atoms with Crippen molar-refractivity contribution < 1.29 is 23.5 Å². The van der Waals surface area contributed by atoms with Crippen LogP contribution in [-0.2, 0) is 25.7 Å². The normalized spacial score (nSPS) is 10.3. The Morgan fingerprint density at radius 2 is 1.71 bits per heavy atom. The molecule has 8 heteroatoms. The van der Waals surface area contributed by atoms with Crippen LogP contribution in [-0.4, -0.2) is 22.2 Å². The number of esters is 1. The van der Waals surface area contributed by atoms with Crippen LogP contribution in [0.5, 0.6) is 0 Å². The van der Waals surface area contributed by atoms with E-state index < -0.39 is 23.6 Å². The molecule has 0 saturated heterocycles. The number of hydrogen-bond donors (Lipinski definition) is 0. The number of carbonyl (C=O) groups is 3. The molecule has 126 valence electrons. The lowest BCUT2D eigenvalue weighted by molar-refractivity contribution is -0.142. The molecule has 0 unspecified atom stereocenters. The molecule has 0 N–H and O–H groups in total. The van der Waals surface area contributed by atoms with Crippen LogP contribution in [0.3, 0.4) is 0 Å². The predicted octanol–water partition coefficient (Wildman–Crippen LogP) is 2.91. The third kappa shape index (κ3) is 3.83. The molecule has 0 bridgehead atoms. The Labute approximate surface area is 142 Å². The van der Waals surface area contributed by atoms with Gasteiger partial charge in [-0.1, -0.05) is 0 Å². The molecule has 0 aliphatic rings. The third-order valence-electron chi connectivity index (χ3n) is 3.11. The van der Waals surface area contributed by atoms with Crippen LogP contribution in [0.2, 0.25) is 0 Å². The van der Waals surface area contributed by atoms with Crippen molar-refractivity contribution in [3.63, 3.8) is 0 Å². The van der Waals surface area contributed by atoms with E-state index in [1.807, 2.05) is 0 Å². The summed E-state index contributed by atoms with van der Waals surface area (Å²) in [5.41, 5.74) is 1.16. The minimum Gasteiger partial charge on any atom is -0.460 e. The van der Waals surface area contributed by atoms with E-state index in [0.29, 0.717) is 16.1 Å². The Morgan fingerprint density at radius 3 is 2.21 bits per heavy atom. The molecule has 0 spiro atoms. The highest BCUT2D eigenvalue weighted by Gasteiger charge is 2.27. The molecule has 1 heterocycles. The van der Waals surface area contributed by atoms with Gasteiger partial charge in [0.1, 0.15) is 18.1 Å². The summed E-state index contributed by atoms with van der Waals surface area (Å²) in [6.45, 7) is 3.65. The maximum absolute atomic E-state index is 13.1. The van der Waals surface area contributed by atoms with E-state index in [9.17, 15) is 18.8 Å². The third-order valence-corrected chi connectivity index (χ3v) is 3.92. The zero-order valence-corrected chi connectivity index (χ0v) is 14.1. The lowest BCUT2D eigenvalue weighted by Gasteiger charge is -2.19. The van der Waals surface area contributed by atoms with E-state index in [-0.39, 0.29) is 12.3 Å². The van der Waals surface area contributed by atoms with Crippen molar-refractivity contribution in [2.75, 3.05) is 4.90 Å². The van der Waals surface area contributed by atoms with Gasteiger partial charge in [-0.05, 0) is 35.8 Å². The van der Waals surface area contributed by atoms with Gasteiger partial charge >= 0.3 is 5.97 Å². The summed E-state index contributed by atoms with van der Waals surface area (Å²) < 4.78 is 22.4. The van der Waals surface area contributed by atoms with E-state index in [1.165, 1.54) is 45.0 Å². The van der Waals surface area contributed by atoms with Gasteiger partial charge in [0, 0.05) is 26.3 Å². The number of amides is 2. The van der Waals surface area contributed by atoms with Gasteiger partial charge in [0.2, 0.25) is 11.8 Å². The van der Waals surface area contributed by atoms with Crippen molar-refractivity contribution in [3.8, 4) is 11.3 Å². The summed E-state index contributed by atoms with van der Waals surface area (Å²) >= 11 is 1.01. The Kier molecular flexibility index (Phi) is 5.40. The average molecular weight is 350 g/mol. The van der Waals surface area contributed by atoms with Crippen LogP contribution in [0.25, 0.3) is 11.3 Å². The maximum atomic E-state index is 13.1. The second-order valence-electron chi connectivity index (χ2n) is 4.96. The summed E-state index contributed by atoms with van der Waals surface area (Å²) in [5.74, 6) is -1.88. The van der Waals surface area contributed by atoms with Gasteiger partial charge in [-0.3, -0.25) is 14.4 Å². The molecule has 0 saturated carbocycles. The molecule has 1 aromatic heterocycles. The number of ether oxygens (including phenoxy) is 1. The van der Waals surface area contributed by atoms with E-state index >= 15 is 0 Å². The topological polar surface area (TPSA) is 76.6 Å². The molecule has 0 radical (unpaired) electrons. The molecule has 0 atom stereocenters. The van der Waals surface area contributed by atoms with Crippen LogP contribution in [0.4, 0.5) is 10.1 Å². The van der Waals surface area contributed by atoms with Crippen molar-refractivity contribution >= 4 is 35.0 Å². The minimum atomic E-state index is -0.491. The van der Waals surface area contributed by atoms with Gasteiger partial charge in [0.15, 0.2) is 0 Å². The SMILES string of the molecule is CC(=O)OCc1snc(-c2ccc(F)cc2)c1N(C(C)=O)C(C)=O. The summed E-state index contributed by atoms with van der Waals surface area (Å²) in [4.78, 5) is 36.3. The smallest absolute Gasteiger partial charge is 0.302 e. The Balaban J connectivity index is 2.58. The van der Waals surface area contributed by atoms with Gasteiger partial charge in [0.25, 0.3) is 0 Å². The van der Waals surface area contributed by atoms with Crippen molar-refractivity contribution in [2.45, 2.75) is 27.4 Å². The molecule has 0 aliphatic carbocycles. The Morgan fingerprint density at radius 1 is 1.12 bits per heavy atom. The van der Waals surface area contributed by atoms with Crippen molar-refractivity contribution in [1.29, 1.82) is 0 Å². The second kappa shape index (κ2) is 7.31. The number of benzene rings is 1. The molecular weight excluding hydrogens is 335 g/mol. The molecule has 24 heavy (non-hydrogen) atoms. The number of nitrogens with zero attached hydrogens (tertiary/aromatic N) is 2. The summed E-state index contributed by atoms with van der Waals surface area (Å²) in [6, 6.07) is 5.52.